The van der Waals surface area contributed by atoms with Crippen molar-refractivity contribution in [2.45, 2.75) is 38.6 Å². The molecule has 180 valence electrons. The van der Waals surface area contributed by atoms with Gasteiger partial charge in [-0.3, -0.25) is 14.3 Å². The number of hydrogen-bond acceptors (Lipinski definition) is 4. The largest absolute Gasteiger partial charge is 0.433 e. The molecule has 0 saturated heterocycles. The standard InChI is InChI=1S/C24H22F5N3O2/c1-4-18(31(2)3)22-30-17-11-10-15(7-6-12-24(27,28)29)13-19(17)32(22)21-16(14-33)8-5-9-20(21)34-23(25)26/h5,8-11,13-14,18,23H,4,12H2,1-3H3/t18-/m1/s1. The summed E-state index contributed by atoms with van der Waals surface area (Å²) in [6.07, 6.45) is -4.57. The Morgan fingerprint density at radius 3 is 2.53 bits per heavy atom. The first-order valence-electron chi connectivity index (χ1n) is 10.3. The van der Waals surface area contributed by atoms with Gasteiger partial charge < -0.3 is 4.74 Å². The normalized spacial score (nSPS) is 12.6. The highest BCUT2D eigenvalue weighted by Crippen LogP contribution is 2.36. The summed E-state index contributed by atoms with van der Waals surface area (Å²) in [4.78, 5) is 18.4. The number of hydrogen-bond donors (Lipinski definition) is 0. The van der Waals surface area contributed by atoms with E-state index in [0.717, 1.165) is 0 Å². The van der Waals surface area contributed by atoms with Crippen molar-refractivity contribution in [3.63, 3.8) is 0 Å². The Morgan fingerprint density at radius 1 is 1.21 bits per heavy atom. The molecule has 0 fully saturated rings. The number of carbonyl (C=O) groups is 1. The Labute approximate surface area is 193 Å². The number of aldehydes is 1. The van der Waals surface area contributed by atoms with Crippen molar-refractivity contribution in [1.29, 1.82) is 0 Å². The summed E-state index contributed by atoms with van der Waals surface area (Å²) in [5, 5.41) is 0. The molecule has 0 saturated carbocycles. The molecule has 0 aliphatic carbocycles. The molecule has 0 bridgehead atoms. The van der Waals surface area contributed by atoms with Crippen LogP contribution in [0.3, 0.4) is 0 Å². The van der Waals surface area contributed by atoms with Crippen LogP contribution in [0.25, 0.3) is 16.7 Å². The average Bonchev–Trinajstić information content (AvgIpc) is 3.10. The third-order valence-electron chi connectivity index (χ3n) is 5.11. The van der Waals surface area contributed by atoms with Crippen molar-refractivity contribution in [3.05, 3.63) is 53.3 Å². The second-order valence-corrected chi connectivity index (χ2v) is 7.68. The van der Waals surface area contributed by atoms with Gasteiger partial charge in [0.25, 0.3) is 0 Å². The van der Waals surface area contributed by atoms with E-state index in [2.05, 4.69) is 16.8 Å². The van der Waals surface area contributed by atoms with Crippen molar-refractivity contribution >= 4 is 17.3 Å². The van der Waals surface area contributed by atoms with Gasteiger partial charge in [0, 0.05) is 11.1 Å². The number of aromatic nitrogens is 2. The first-order valence-corrected chi connectivity index (χ1v) is 10.3. The Balaban J connectivity index is 2.34. The number of carbonyl (C=O) groups excluding carboxylic acids is 1. The highest BCUT2D eigenvalue weighted by molar-refractivity contribution is 5.87. The van der Waals surface area contributed by atoms with Crippen LogP contribution >= 0.6 is 0 Å². The van der Waals surface area contributed by atoms with Crippen LogP contribution < -0.4 is 4.74 Å². The first kappa shape index (κ1) is 25.2. The lowest BCUT2D eigenvalue weighted by Gasteiger charge is -2.25. The molecule has 10 heteroatoms. The molecule has 3 aromatic rings. The van der Waals surface area contributed by atoms with Gasteiger partial charge in [0.1, 0.15) is 17.9 Å². The van der Waals surface area contributed by atoms with Crippen molar-refractivity contribution in [1.82, 2.24) is 14.5 Å². The summed E-state index contributed by atoms with van der Waals surface area (Å²) in [6.45, 7) is -1.22. The van der Waals surface area contributed by atoms with E-state index in [9.17, 15) is 26.7 Å². The Kier molecular flexibility index (Phi) is 7.57. The lowest BCUT2D eigenvalue weighted by molar-refractivity contribution is -0.123. The predicted octanol–water partition coefficient (Wildman–Crippen LogP) is 5.76. The zero-order valence-corrected chi connectivity index (χ0v) is 18.7. The molecule has 0 spiro atoms. The van der Waals surface area contributed by atoms with Gasteiger partial charge in [0.15, 0.2) is 12.0 Å². The quantitative estimate of drug-likeness (QED) is 0.246. The van der Waals surface area contributed by atoms with Crippen LogP contribution in [0.2, 0.25) is 0 Å². The number of ether oxygens (including phenoxy) is 1. The van der Waals surface area contributed by atoms with Crippen LogP contribution in [-0.2, 0) is 0 Å². The zero-order valence-electron chi connectivity index (χ0n) is 18.7. The molecule has 1 aromatic heterocycles. The van der Waals surface area contributed by atoms with Crippen molar-refractivity contribution in [2.24, 2.45) is 0 Å². The van der Waals surface area contributed by atoms with E-state index >= 15 is 0 Å². The Bertz CT molecular complexity index is 1240. The number of alkyl halides is 5. The molecule has 5 nitrogen and oxygen atoms in total. The summed E-state index contributed by atoms with van der Waals surface area (Å²) < 4.78 is 70.2. The van der Waals surface area contributed by atoms with E-state index in [0.29, 0.717) is 29.6 Å². The van der Waals surface area contributed by atoms with Gasteiger partial charge in [0.2, 0.25) is 0 Å². The predicted molar refractivity (Wildman–Crippen MR) is 117 cm³/mol. The minimum atomic E-state index is -4.42. The van der Waals surface area contributed by atoms with Gasteiger partial charge in [-0.2, -0.15) is 22.0 Å². The van der Waals surface area contributed by atoms with Crippen LogP contribution in [0.15, 0.2) is 36.4 Å². The number of fused-ring (bicyclic) bond motifs is 1. The van der Waals surface area contributed by atoms with Crippen LogP contribution in [0.4, 0.5) is 22.0 Å². The van der Waals surface area contributed by atoms with Gasteiger partial charge in [-0.25, -0.2) is 4.98 Å². The topological polar surface area (TPSA) is 47.4 Å². The third-order valence-corrected chi connectivity index (χ3v) is 5.11. The maximum absolute atomic E-state index is 13.2. The summed E-state index contributed by atoms with van der Waals surface area (Å²) in [7, 11) is 3.65. The van der Waals surface area contributed by atoms with E-state index in [1.165, 1.54) is 30.3 Å². The smallest absolute Gasteiger partial charge is 0.399 e. The number of nitrogens with zero attached hydrogens (tertiary/aromatic N) is 3. The number of rotatable bonds is 7. The highest BCUT2D eigenvalue weighted by Gasteiger charge is 2.27. The van der Waals surface area contributed by atoms with Gasteiger partial charge in [0.05, 0.1) is 17.1 Å². The first-order chi connectivity index (χ1) is 16.1. The molecule has 0 unspecified atom stereocenters. The molecule has 0 radical (unpaired) electrons. The van der Waals surface area contributed by atoms with E-state index < -0.39 is 19.2 Å². The van der Waals surface area contributed by atoms with Crippen LogP contribution in [-0.4, -0.2) is 47.6 Å². The fourth-order valence-corrected chi connectivity index (χ4v) is 3.72. The molecule has 1 heterocycles. The van der Waals surface area contributed by atoms with Crippen molar-refractivity contribution in [3.8, 4) is 23.3 Å². The van der Waals surface area contributed by atoms with Crippen molar-refractivity contribution < 1.29 is 31.5 Å². The zero-order chi connectivity index (χ0) is 25.0. The number of benzene rings is 2. The average molecular weight is 479 g/mol. The minimum Gasteiger partial charge on any atom is -0.433 e. The molecule has 1 atom stereocenters. The highest BCUT2D eigenvalue weighted by atomic mass is 19.4. The second kappa shape index (κ2) is 10.2. The monoisotopic (exact) mass is 479 g/mol. The third kappa shape index (κ3) is 5.54. The summed E-state index contributed by atoms with van der Waals surface area (Å²) >= 11 is 0. The van der Waals surface area contributed by atoms with E-state index in [1.807, 2.05) is 25.9 Å². The van der Waals surface area contributed by atoms with Crippen molar-refractivity contribution in [2.75, 3.05) is 14.1 Å². The fourth-order valence-electron chi connectivity index (χ4n) is 3.72. The Morgan fingerprint density at radius 2 is 1.94 bits per heavy atom. The van der Waals surface area contributed by atoms with Gasteiger partial charge in [-0.1, -0.05) is 24.8 Å². The molecule has 0 amide bonds. The second-order valence-electron chi connectivity index (χ2n) is 7.68. The molecule has 34 heavy (non-hydrogen) atoms. The van der Waals surface area contributed by atoms with Gasteiger partial charge in [-0.15, -0.1) is 0 Å². The van der Waals surface area contributed by atoms with Crippen LogP contribution in [0.5, 0.6) is 5.75 Å². The number of imidazole rings is 1. The molecular weight excluding hydrogens is 457 g/mol. The summed E-state index contributed by atoms with van der Waals surface area (Å²) in [5.41, 5.74) is 1.28. The van der Waals surface area contributed by atoms with Crippen LogP contribution in [0, 0.1) is 11.8 Å². The minimum absolute atomic E-state index is 0.0657. The van der Waals surface area contributed by atoms with Crippen LogP contribution in [0.1, 0.15) is 47.6 Å². The SMILES string of the molecule is CC[C@H](c1nc2ccc(C#CCC(F)(F)F)cc2n1-c1c(C=O)cccc1OC(F)F)N(C)C. The maximum atomic E-state index is 13.2. The summed E-state index contributed by atoms with van der Waals surface area (Å²) in [6, 6.07) is 8.56. The van der Waals surface area contributed by atoms with Gasteiger partial charge >= 0.3 is 12.8 Å². The van der Waals surface area contributed by atoms with Gasteiger partial charge in [-0.05, 0) is 50.8 Å². The molecule has 0 aliphatic rings. The maximum Gasteiger partial charge on any atom is 0.399 e. The van der Waals surface area contributed by atoms with E-state index in [-0.39, 0.29) is 28.6 Å². The molecule has 3 rings (SSSR count). The lowest BCUT2D eigenvalue weighted by Crippen LogP contribution is -2.23. The number of para-hydroxylation sites is 1. The summed E-state index contributed by atoms with van der Waals surface area (Å²) in [5.74, 6) is 4.79. The van der Waals surface area contributed by atoms with E-state index in [1.54, 1.807) is 10.6 Å². The Hall–Kier alpha value is -3.45. The lowest BCUT2D eigenvalue weighted by atomic mass is 10.1. The molecular formula is C24H22F5N3O2. The van der Waals surface area contributed by atoms with E-state index in [4.69, 9.17) is 4.74 Å². The molecule has 0 aliphatic heterocycles. The molecule has 2 aromatic carbocycles. The number of halogens is 5. The molecule has 0 N–H and O–H groups in total. The fraction of sp³-hybridized carbons (Fsp3) is 0.333.